The molecule has 2 N–H and O–H groups in total. The number of hydrogen-bond donors (Lipinski definition) is 1. The van der Waals surface area contributed by atoms with Gasteiger partial charge in [-0.25, -0.2) is 0 Å². The number of morpholine rings is 1. The lowest BCUT2D eigenvalue weighted by Gasteiger charge is -2.26. The third-order valence-electron chi connectivity index (χ3n) is 3.40. The standard InChI is InChI=1S/C14H22N2O2/c1-11-3-4-13(15)12(2)14(11)18-10-7-16-5-8-17-9-6-16/h3-4H,5-10,15H2,1-2H3. The number of nitrogens with zero attached hydrogens (tertiary/aromatic N) is 1. The number of hydrogen-bond acceptors (Lipinski definition) is 4. The van der Waals surface area contributed by atoms with Gasteiger partial charge in [0.1, 0.15) is 12.4 Å². The van der Waals surface area contributed by atoms with Crippen molar-refractivity contribution >= 4 is 5.69 Å². The lowest BCUT2D eigenvalue weighted by Crippen LogP contribution is -2.38. The number of benzene rings is 1. The Balaban J connectivity index is 1.88. The molecule has 4 nitrogen and oxygen atoms in total. The van der Waals surface area contributed by atoms with Gasteiger partial charge >= 0.3 is 0 Å². The third kappa shape index (κ3) is 3.15. The van der Waals surface area contributed by atoms with E-state index in [-0.39, 0.29) is 0 Å². The molecule has 0 radical (unpaired) electrons. The molecule has 18 heavy (non-hydrogen) atoms. The smallest absolute Gasteiger partial charge is 0.127 e. The number of rotatable bonds is 4. The van der Waals surface area contributed by atoms with Crippen LogP contribution >= 0.6 is 0 Å². The van der Waals surface area contributed by atoms with Crippen LogP contribution in [0.4, 0.5) is 5.69 Å². The normalized spacial score (nSPS) is 16.8. The van der Waals surface area contributed by atoms with Gasteiger partial charge in [0.15, 0.2) is 0 Å². The fourth-order valence-electron chi connectivity index (χ4n) is 2.17. The van der Waals surface area contributed by atoms with E-state index in [4.69, 9.17) is 15.2 Å². The fraction of sp³-hybridized carbons (Fsp3) is 0.571. The van der Waals surface area contributed by atoms with Crippen molar-refractivity contribution in [3.8, 4) is 5.75 Å². The molecule has 2 rings (SSSR count). The molecule has 0 saturated carbocycles. The van der Waals surface area contributed by atoms with Gasteiger partial charge in [0, 0.05) is 30.9 Å². The quantitative estimate of drug-likeness (QED) is 0.825. The van der Waals surface area contributed by atoms with E-state index in [0.29, 0.717) is 6.61 Å². The summed E-state index contributed by atoms with van der Waals surface area (Å²) in [6.45, 7) is 9.36. The topological polar surface area (TPSA) is 47.7 Å². The Kier molecular flexibility index (Phi) is 4.44. The first-order chi connectivity index (χ1) is 8.68. The molecule has 1 aromatic rings. The SMILES string of the molecule is Cc1ccc(N)c(C)c1OCCN1CCOCC1. The summed E-state index contributed by atoms with van der Waals surface area (Å²) >= 11 is 0. The summed E-state index contributed by atoms with van der Waals surface area (Å²) in [5.41, 5.74) is 8.87. The Morgan fingerprint density at radius 3 is 2.72 bits per heavy atom. The summed E-state index contributed by atoms with van der Waals surface area (Å²) in [5, 5.41) is 0. The summed E-state index contributed by atoms with van der Waals surface area (Å²) in [7, 11) is 0. The van der Waals surface area contributed by atoms with Crippen LogP contribution in [0, 0.1) is 13.8 Å². The van der Waals surface area contributed by atoms with Gasteiger partial charge in [-0.15, -0.1) is 0 Å². The average Bonchev–Trinajstić information content (AvgIpc) is 2.39. The fourth-order valence-corrected chi connectivity index (χ4v) is 2.17. The van der Waals surface area contributed by atoms with E-state index >= 15 is 0 Å². The predicted molar refractivity (Wildman–Crippen MR) is 73.1 cm³/mol. The molecule has 0 aromatic heterocycles. The second-order valence-corrected chi connectivity index (χ2v) is 4.73. The Morgan fingerprint density at radius 2 is 2.00 bits per heavy atom. The van der Waals surface area contributed by atoms with Crippen LogP contribution in [0.5, 0.6) is 5.75 Å². The van der Waals surface area contributed by atoms with Crippen molar-refractivity contribution in [3.63, 3.8) is 0 Å². The van der Waals surface area contributed by atoms with Crippen LogP contribution in [0.15, 0.2) is 12.1 Å². The zero-order chi connectivity index (χ0) is 13.0. The molecule has 1 aliphatic rings. The van der Waals surface area contributed by atoms with Crippen LogP contribution < -0.4 is 10.5 Å². The Hall–Kier alpha value is -1.26. The van der Waals surface area contributed by atoms with Gasteiger partial charge in [-0.05, 0) is 25.5 Å². The van der Waals surface area contributed by atoms with Crippen molar-refractivity contribution in [1.82, 2.24) is 4.90 Å². The minimum Gasteiger partial charge on any atom is -0.492 e. The van der Waals surface area contributed by atoms with E-state index in [9.17, 15) is 0 Å². The van der Waals surface area contributed by atoms with Crippen molar-refractivity contribution in [1.29, 1.82) is 0 Å². The minimum absolute atomic E-state index is 0.700. The Morgan fingerprint density at radius 1 is 1.28 bits per heavy atom. The van der Waals surface area contributed by atoms with Crippen molar-refractivity contribution < 1.29 is 9.47 Å². The summed E-state index contributed by atoms with van der Waals surface area (Å²) < 4.78 is 11.2. The molecule has 100 valence electrons. The van der Waals surface area contributed by atoms with Crippen LogP contribution in [0.25, 0.3) is 0 Å². The molecule has 0 aliphatic carbocycles. The maximum Gasteiger partial charge on any atom is 0.127 e. The van der Waals surface area contributed by atoms with Crippen LogP contribution in [0.1, 0.15) is 11.1 Å². The Labute approximate surface area is 109 Å². The van der Waals surface area contributed by atoms with Crippen molar-refractivity contribution in [3.05, 3.63) is 23.3 Å². The molecule has 1 aromatic carbocycles. The summed E-state index contributed by atoms with van der Waals surface area (Å²) in [5.74, 6) is 0.934. The zero-order valence-electron chi connectivity index (χ0n) is 11.2. The number of nitrogens with two attached hydrogens (primary N) is 1. The number of nitrogen functional groups attached to an aromatic ring is 1. The molecule has 0 amide bonds. The molecule has 0 unspecified atom stereocenters. The van der Waals surface area contributed by atoms with Gasteiger partial charge in [-0.1, -0.05) is 6.07 Å². The molecular weight excluding hydrogens is 228 g/mol. The molecular formula is C14H22N2O2. The summed E-state index contributed by atoms with van der Waals surface area (Å²) in [4.78, 5) is 2.36. The summed E-state index contributed by atoms with van der Waals surface area (Å²) in [6, 6.07) is 3.94. The maximum absolute atomic E-state index is 5.90. The first-order valence-electron chi connectivity index (χ1n) is 6.47. The zero-order valence-corrected chi connectivity index (χ0v) is 11.2. The summed E-state index contributed by atoms with van der Waals surface area (Å²) in [6.07, 6.45) is 0. The number of ether oxygens (including phenoxy) is 2. The monoisotopic (exact) mass is 250 g/mol. The average molecular weight is 250 g/mol. The highest BCUT2D eigenvalue weighted by molar-refractivity contribution is 5.56. The number of anilines is 1. The molecule has 1 fully saturated rings. The van der Waals surface area contributed by atoms with Crippen molar-refractivity contribution in [2.75, 3.05) is 45.2 Å². The molecule has 1 saturated heterocycles. The molecule has 0 atom stereocenters. The second-order valence-electron chi connectivity index (χ2n) is 4.73. The van der Waals surface area contributed by atoms with E-state index in [1.54, 1.807) is 0 Å². The first kappa shape index (κ1) is 13.2. The highest BCUT2D eigenvalue weighted by atomic mass is 16.5. The highest BCUT2D eigenvalue weighted by Crippen LogP contribution is 2.27. The van der Waals surface area contributed by atoms with E-state index in [2.05, 4.69) is 11.8 Å². The largest absolute Gasteiger partial charge is 0.492 e. The van der Waals surface area contributed by atoms with Crippen LogP contribution in [0.2, 0.25) is 0 Å². The first-order valence-corrected chi connectivity index (χ1v) is 6.47. The van der Waals surface area contributed by atoms with E-state index in [1.165, 1.54) is 0 Å². The van der Waals surface area contributed by atoms with E-state index in [0.717, 1.165) is 55.4 Å². The van der Waals surface area contributed by atoms with Gasteiger partial charge < -0.3 is 15.2 Å². The highest BCUT2D eigenvalue weighted by Gasteiger charge is 2.11. The lowest BCUT2D eigenvalue weighted by molar-refractivity contribution is 0.0322. The molecule has 4 heteroatoms. The molecule has 0 bridgehead atoms. The molecule has 0 spiro atoms. The van der Waals surface area contributed by atoms with Crippen LogP contribution in [-0.2, 0) is 4.74 Å². The second kappa shape index (κ2) is 6.07. The predicted octanol–water partition coefficient (Wildman–Crippen LogP) is 1.60. The lowest BCUT2D eigenvalue weighted by atomic mass is 10.1. The molecule has 1 heterocycles. The van der Waals surface area contributed by atoms with Gasteiger partial charge in [0.05, 0.1) is 13.2 Å². The van der Waals surface area contributed by atoms with Gasteiger partial charge in [0.25, 0.3) is 0 Å². The maximum atomic E-state index is 5.90. The van der Waals surface area contributed by atoms with Gasteiger partial charge in [0.2, 0.25) is 0 Å². The number of aryl methyl sites for hydroxylation is 1. The van der Waals surface area contributed by atoms with Crippen LogP contribution in [-0.4, -0.2) is 44.4 Å². The molecule has 1 aliphatic heterocycles. The van der Waals surface area contributed by atoms with Crippen LogP contribution in [0.3, 0.4) is 0 Å². The van der Waals surface area contributed by atoms with Crippen molar-refractivity contribution in [2.45, 2.75) is 13.8 Å². The van der Waals surface area contributed by atoms with E-state index < -0.39 is 0 Å². The third-order valence-corrected chi connectivity index (χ3v) is 3.40. The minimum atomic E-state index is 0.700. The van der Waals surface area contributed by atoms with E-state index in [1.807, 2.05) is 19.1 Å². The van der Waals surface area contributed by atoms with Crippen molar-refractivity contribution in [2.24, 2.45) is 0 Å². The van der Waals surface area contributed by atoms with Gasteiger partial charge in [-0.2, -0.15) is 0 Å². The Bertz CT molecular complexity index is 401. The van der Waals surface area contributed by atoms with Gasteiger partial charge in [-0.3, -0.25) is 4.90 Å².